The molecule has 1 aliphatic carbocycles. The van der Waals surface area contributed by atoms with Gasteiger partial charge < -0.3 is 25.0 Å². The molecule has 9 heteroatoms. The van der Waals surface area contributed by atoms with Gasteiger partial charge in [-0.1, -0.05) is 0 Å². The van der Waals surface area contributed by atoms with E-state index in [1.54, 1.807) is 22.8 Å². The first-order chi connectivity index (χ1) is 13.4. The summed E-state index contributed by atoms with van der Waals surface area (Å²) in [4.78, 5) is 30.2. The Morgan fingerprint density at radius 3 is 2.86 bits per heavy atom. The van der Waals surface area contributed by atoms with E-state index in [1.807, 2.05) is 0 Å². The largest absolute Gasteiger partial charge is 0.504 e. The molecule has 4 rings (SSSR count). The maximum Gasteiger partial charge on any atom is 0.341 e. The van der Waals surface area contributed by atoms with E-state index in [4.69, 9.17) is 10.5 Å². The Morgan fingerprint density at radius 2 is 2.25 bits per heavy atom. The molecule has 148 valence electrons. The molecule has 0 bridgehead atoms. The number of nitrogens with two attached hydrogens (primary N) is 1. The molecule has 1 saturated carbocycles. The summed E-state index contributed by atoms with van der Waals surface area (Å²) in [7, 11) is 1.55. The van der Waals surface area contributed by atoms with Crippen LogP contribution in [0.25, 0.3) is 11.0 Å². The lowest BCUT2D eigenvalue weighted by Gasteiger charge is -2.19. The van der Waals surface area contributed by atoms with Crippen molar-refractivity contribution in [3.63, 3.8) is 0 Å². The summed E-state index contributed by atoms with van der Waals surface area (Å²) in [6.45, 7) is 1.31. The quantitative estimate of drug-likeness (QED) is 0.747. The van der Waals surface area contributed by atoms with Gasteiger partial charge in [-0.15, -0.1) is 0 Å². The molecule has 3 N–H and O–H groups in total. The van der Waals surface area contributed by atoms with Crippen LogP contribution in [0.5, 0.6) is 0 Å². The van der Waals surface area contributed by atoms with Gasteiger partial charge in [0.1, 0.15) is 11.2 Å². The summed E-state index contributed by atoms with van der Waals surface area (Å²) in [6.07, 6.45) is 4.67. The topological polar surface area (TPSA) is 111 Å². The molecule has 2 aromatic heterocycles. The number of aromatic nitrogens is 2. The van der Waals surface area contributed by atoms with Crippen molar-refractivity contribution in [1.29, 1.82) is 0 Å². The van der Waals surface area contributed by atoms with Gasteiger partial charge in [0.05, 0.1) is 18.8 Å². The number of nitrogens with zero attached hydrogens (tertiary/aromatic N) is 3. The summed E-state index contributed by atoms with van der Waals surface area (Å²) in [6, 6.07) is 1.17. The van der Waals surface area contributed by atoms with Crippen LogP contribution in [0, 0.1) is 11.7 Å². The van der Waals surface area contributed by atoms with Crippen LogP contribution in [0.3, 0.4) is 0 Å². The highest BCUT2D eigenvalue weighted by atomic mass is 19.1. The van der Waals surface area contributed by atoms with Gasteiger partial charge in [0, 0.05) is 37.8 Å². The third kappa shape index (κ3) is 3.01. The molecular formula is C19H21FN4O4. The number of carbonyl (C=O) groups is 1. The molecular weight excluding hydrogens is 367 g/mol. The zero-order chi connectivity index (χ0) is 20.0. The van der Waals surface area contributed by atoms with Crippen LogP contribution in [0.15, 0.2) is 28.9 Å². The standard InChI is InChI=1S/C19H21FN4O4/c1-28-9-11-7-23(6-10(11)5-21)18-15(20)4-13-16(25)14(19(26)27)8-24(12-2-3-12)17(13)22-18/h4,8-10,12H,2-3,5-7,21H2,1H3,(H,26,27)/b11-9+. The number of methoxy groups -OCH3 is 1. The van der Waals surface area contributed by atoms with Crippen LogP contribution in [0.2, 0.25) is 0 Å². The fourth-order valence-electron chi connectivity index (χ4n) is 3.71. The van der Waals surface area contributed by atoms with E-state index in [1.165, 1.54) is 6.20 Å². The monoisotopic (exact) mass is 388 g/mol. The molecule has 1 saturated heterocycles. The molecule has 2 aliphatic rings. The highest BCUT2D eigenvalue weighted by Crippen LogP contribution is 2.37. The van der Waals surface area contributed by atoms with Crippen LogP contribution < -0.4 is 16.1 Å². The first-order valence-corrected chi connectivity index (χ1v) is 9.10. The number of carboxylic acids is 1. The van der Waals surface area contributed by atoms with E-state index in [-0.39, 0.29) is 28.7 Å². The minimum Gasteiger partial charge on any atom is -0.504 e. The first kappa shape index (κ1) is 18.4. The van der Waals surface area contributed by atoms with Crippen LogP contribution in [-0.2, 0) is 4.74 Å². The minimum atomic E-state index is -1.33. The van der Waals surface area contributed by atoms with Crippen molar-refractivity contribution in [3.05, 3.63) is 45.7 Å². The number of halogens is 1. The van der Waals surface area contributed by atoms with E-state index < -0.39 is 17.2 Å². The first-order valence-electron chi connectivity index (χ1n) is 9.10. The van der Waals surface area contributed by atoms with Crippen molar-refractivity contribution in [2.24, 2.45) is 11.7 Å². The fourth-order valence-corrected chi connectivity index (χ4v) is 3.71. The Hall–Kier alpha value is -2.94. The lowest BCUT2D eigenvalue weighted by atomic mass is 10.1. The molecule has 1 unspecified atom stereocenters. The number of fused-ring (bicyclic) bond motifs is 1. The highest BCUT2D eigenvalue weighted by Gasteiger charge is 2.32. The SMILES string of the molecule is CO/C=C1\CN(c2nc3c(cc2F)c(=O)c(C(=O)O)cn3C2CC2)CC1CN. The number of hydrogen-bond acceptors (Lipinski definition) is 6. The molecule has 0 radical (unpaired) electrons. The smallest absolute Gasteiger partial charge is 0.341 e. The van der Waals surface area contributed by atoms with Crippen molar-refractivity contribution in [1.82, 2.24) is 9.55 Å². The lowest BCUT2D eigenvalue weighted by molar-refractivity contribution is 0.0695. The van der Waals surface area contributed by atoms with E-state index >= 15 is 0 Å². The van der Waals surface area contributed by atoms with Gasteiger partial charge in [0.25, 0.3) is 0 Å². The van der Waals surface area contributed by atoms with Gasteiger partial charge in [-0.25, -0.2) is 14.2 Å². The second-order valence-electron chi connectivity index (χ2n) is 7.22. The molecule has 8 nitrogen and oxygen atoms in total. The highest BCUT2D eigenvalue weighted by molar-refractivity contribution is 5.92. The van der Waals surface area contributed by atoms with Gasteiger partial charge in [0.2, 0.25) is 5.43 Å². The number of pyridine rings is 2. The Morgan fingerprint density at radius 1 is 1.50 bits per heavy atom. The number of hydrogen-bond donors (Lipinski definition) is 2. The van der Waals surface area contributed by atoms with Gasteiger partial charge >= 0.3 is 5.97 Å². The maximum absolute atomic E-state index is 14.9. The molecule has 1 aliphatic heterocycles. The number of rotatable bonds is 5. The van der Waals surface area contributed by atoms with E-state index in [9.17, 15) is 19.1 Å². The zero-order valence-electron chi connectivity index (χ0n) is 15.4. The third-order valence-corrected chi connectivity index (χ3v) is 5.30. The Balaban J connectivity index is 1.86. The predicted molar refractivity (Wildman–Crippen MR) is 101 cm³/mol. The summed E-state index contributed by atoms with van der Waals surface area (Å²) in [5.41, 5.74) is 5.99. The fraction of sp³-hybridized carbons (Fsp3) is 0.421. The molecule has 3 heterocycles. The van der Waals surface area contributed by atoms with Crippen molar-refractivity contribution < 1.29 is 19.0 Å². The average molecular weight is 388 g/mol. The Labute approximate surface area is 160 Å². The van der Waals surface area contributed by atoms with Crippen LogP contribution in [-0.4, -0.2) is 47.4 Å². The molecule has 2 fully saturated rings. The average Bonchev–Trinajstić information content (AvgIpc) is 3.42. The summed E-state index contributed by atoms with van der Waals surface area (Å²) in [5, 5.41) is 9.30. The molecule has 0 amide bonds. The lowest BCUT2D eigenvalue weighted by Crippen LogP contribution is -2.26. The van der Waals surface area contributed by atoms with E-state index in [0.717, 1.165) is 24.5 Å². The Bertz CT molecular complexity index is 1040. The number of carboxylic acid groups (broad SMARTS) is 1. The number of aromatic carboxylic acids is 1. The second kappa shape index (κ2) is 6.90. The zero-order valence-corrected chi connectivity index (χ0v) is 15.4. The predicted octanol–water partition coefficient (Wildman–Crippen LogP) is 1.49. The van der Waals surface area contributed by atoms with Crippen molar-refractivity contribution in [2.75, 3.05) is 31.6 Å². The van der Waals surface area contributed by atoms with Crippen LogP contribution >= 0.6 is 0 Å². The van der Waals surface area contributed by atoms with Crippen molar-refractivity contribution in [2.45, 2.75) is 18.9 Å². The Kier molecular flexibility index (Phi) is 4.54. The van der Waals surface area contributed by atoms with Crippen molar-refractivity contribution in [3.8, 4) is 0 Å². The van der Waals surface area contributed by atoms with Gasteiger partial charge in [-0.05, 0) is 24.5 Å². The normalized spacial score (nSPS) is 20.9. The minimum absolute atomic E-state index is 0.0183. The molecule has 0 aromatic carbocycles. The maximum atomic E-state index is 14.9. The summed E-state index contributed by atoms with van der Waals surface area (Å²) < 4.78 is 21.7. The third-order valence-electron chi connectivity index (χ3n) is 5.30. The number of anilines is 1. The van der Waals surface area contributed by atoms with E-state index in [2.05, 4.69) is 4.98 Å². The van der Waals surface area contributed by atoms with Crippen LogP contribution in [0.1, 0.15) is 29.2 Å². The number of ether oxygens (including phenoxy) is 1. The summed E-state index contributed by atoms with van der Waals surface area (Å²) >= 11 is 0. The molecule has 0 spiro atoms. The van der Waals surface area contributed by atoms with Gasteiger partial charge in [-0.3, -0.25) is 4.79 Å². The second-order valence-corrected chi connectivity index (χ2v) is 7.22. The van der Waals surface area contributed by atoms with E-state index in [0.29, 0.717) is 25.3 Å². The molecule has 2 aromatic rings. The van der Waals surface area contributed by atoms with Crippen molar-refractivity contribution >= 4 is 22.8 Å². The van der Waals surface area contributed by atoms with Gasteiger partial charge in [-0.2, -0.15) is 0 Å². The summed E-state index contributed by atoms with van der Waals surface area (Å²) in [5.74, 6) is -1.84. The molecule has 28 heavy (non-hydrogen) atoms. The van der Waals surface area contributed by atoms with Crippen LogP contribution in [0.4, 0.5) is 10.2 Å². The molecule has 1 atom stereocenters. The van der Waals surface area contributed by atoms with Gasteiger partial charge in [0.15, 0.2) is 11.6 Å².